The Morgan fingerprint density at radius 2 is 1.80 bits per heavy atom. The zero-order chi connectivity index (χ0) is 17.6. The van der Waals surface area contributed by atoms with Crippen LogP contribution in [0.4, 0.5) is 5.69 Å². The van der Waals surface area contributed by atoms with Gasteiger partial charge < -0.3 is 20.0 Å². The summed E-state index contributed by atoms with van der Waals surface area (Å²) in [7, 11) is 0. The standard InChI is InChI=1S/C18H19N3O4/c22-12-19-15-3-1-13(2-4-15)17(23)20-16-5-8-21(9-6-16)18(24)14-7-10-25-11-14/h1-4,7,10-12,16H,5-6,8-9H2,(H,19,22)(H,20,23). The van der Waals surface area contributed by atoms with E-state index >= 15 is 0 Å². The Morgan fingerprint density at radius 3 is 2.40 bits per heavy atom. The van der Waals surface area contributed by atoms with Crippen molar-refractivity contribution in [2.75, 3.05) is 18.4 Å². The molecule has 2 heterocycles. The van der Waals surface area contributed by atoms with Gasteiger partial charge in [0.25, 0.3) is 11.8 Å². The molecule has 2 aromatic rings. The van der Waals surface area contributed by atoms with Crippen molar-refractivity contribution in [1.29, 1.82) is 0 Å². The van der Waals surface area contributed by atoms with Gasteiger partial charge in [-0.25, -0.2) is 0 Å². The molecule has 1 aromatic heterocycles. The van der Waals surface area contributed by atoms with Crippen molar-refractivity contribution in [3.63, 3.8) is 0 Å². The molecule has 1 fully saturated rings. The maximum absolute atomic E-state index is 12.3. The third-order valence-electron chi connectivity index (χ3n) is 4.26. The minimum Gasteiger partial charge on any atom is -0.472 e. The number of carbonyl (C=O) groups is 3. The van der Waals surface area contributed by atoms with Crippen molar-refractivity contribution in [3.05, 3.63) is 54.0 Å². The van der Waals surface area contributed by atoms with E-state index in [1.165, 1.54) is 12.5 Å². The number of benzene rings is 1. The maximum atomic E-state index is 12.3. The molecule has 1 saturated heterocycles. The van der Waals surface area contributed by atoms with Gasteiger partial charge >= 0.3 is 0 Å². The van der Waals surface area contributed by atoms with Crippen LogP contribution in [0.3, 0.4) is 0 Å². The molecular weight excluding hydrogens is 322 g/mol. The first kappa shape index (κ1) is 16.8. The second-order valence-electron chi connectivity index (χ2n) is 5.89. The number of anilines is 1. The highest BCUT2D eigenvalue weighted by molar-refractivity contribution is 5.95. The van der Waals surface area contributed by atoms with Crippen molar-refractivity contribution in [3.8, 4) is 0 Å². The van der Waals surface area contributed by atoms with Gasteiger partial charge in [0.15, 0.2) is 0 Å². The Morgan fingerprint density at radius 1 is 1.08 bits per heavy atom. The lowest BCUT2D eigenvalue weighted by Gasteiger charge is -2.32. The summed E-state index contributed by atoms with van der Waals surface area (Å²) in [5, 5.41) is 5.52. The second kappa shape index (κ2) is 7.65. The fourth-order valence-electron chi connectivity index (χ4n) is 2.85. The number of hydrogen-bond donors (Lipinski definition) is 2. The predicted octanol–water partition coefficient (Wildman–Crippen LogP) is 1.88. The van der Waals surface area contributed by atoms with Crippen LogP contribution in [0, 0.1) is 0 Å². The number of nitrogens with zero attached hydrogens (tertiary/aromatic N) is 1. The minimum absolute atomic E-state index is 0.0358. The summed E-state index contributed by atoms with van der Waals surface area (Å²) in [5.74, 6) is -0.200. The molecule has 7 heteroatoms. The second-order valence-corrected chi connectivity index (χ2v) is 5.89. The predicted molar refractivity (Wildman–Crippen MR) is 91.2 cm³/mol. The van der Waals surface area contributed by atoms with Gasteiger partial charge in [-0.05, 0) is 43.2 Å². The molecule has 1 aromatic carbocycles. The van der Waals surface area contributed by atoms with E-state index in [4.69, 9.17) is 4.42 Å². The lowest BCUT2D eigenvalue weighted by Crippen LogP contribution is -2.46. The van der Waals surface area contributed by atoms with Crippen LogP contribution < -0.4 is 10.6 Å². The Hall–Kier alpha value is -3.09. The molecule has 3 rings (SSSR count). The van der Waals surface area contributed by atoms with Gasteiger partial charge in [-0.15, -0.1) is 0 Å². The Labute approximate surface area is 145 Å². The number of furan rings is 1. The van der Waals surface area contributed by atoms with Gasteiger partial charge in [0.2, 0.25) is 6.41 Å². The number of likely N-dealkylation sites (tertiary alicyclic amines) is 1. The molecular formula is C18H19N3O4. The summed E-state index contributed by atoms with van der Waals surface area (Å²) < 4.78 is 4.94. The number of rotatable bonds is 5. The zero-order valence-electron chi connectivity index (χ0n) is 13.6. The minimum atomic E-state index is -0.155. The molecule has 0 bridgehead atoms. The normalized spacial score (nSPS) is 14.8. The molecule has 130 valence electrons. The van der Waals surface area contributed by atoms with Crippen molar-refractivity contribution < 1.29 is 18.8 Å². The fourth-order valence-corrected chi connectivity index (χ4v) is 2.85. The zero-order valence-corrected chi connectivity index (χ0v) is 13.6. The van der Waals surface area contributed by atoms with E-state index < -0.39 is 0 Å². The summed E-state index contributed by atoms with van der Waals surface area (Å²) in [5.41, 5.74) is 1.72. The highest BCUT2D eigenvalue weighted by Crippen LogP contribution is 2.15. The summed E-state index contributed by atoms with van der Waals surface area (Å²) >= 11 is 0. The van der Waals surface area contributed by atoms with Gasteiger partial charge in [0, 0.05) is 30.4 Å². The highest BCUT2D eigenvalue weighted by atomic mass is 16.3. The van der Waals surface area contributed by atoms with E-state index in [2.05, 4.69) is 10.6 Å². The number of hydrogen-bond acceptors (Lipinski definition) is 4. The van der Waals surface area contributed by atoms with Crippen LogP contribution >= 0.6 is 0 Å². The molecule has 0 unspecified atom stereocenters. The average molecular weight is 341 g/mol. The lowest BCUT2D eigenvalue weighted by atomic mass is 10.0. The van der Waals surface area contributed by atoms with Crippen LogP contribution in [0.25, 0.3) is 0 Å². The van der Waals surface area contributed by atoms with Crippen LogP contribution in [0.15, 0.2) is 47.3 Å². The van der Waals surface area contributed by atoms with Crippen LogP contribution in [-0.2, 0) is 4.79 Å². The van der Waals surface area contributed by atoms with E-state index in [-0.39, 0.29) is 17.9 Å². The fraction of sp³-hybridized carbons (Fsp3) is 0.278. The third kappa shape index (κ3) is 4.06. The molecule has 0 saturated carbocycles. The number of carbonyl (C=O) groups excluding carboxylic acids is 3. The molecule has 2 N–H and O–H groups in total. The van der Waals surface area contributed by atoms with Gasteiger partial charge in [-0.3, -0.25) is 14.4 Å². The van der Waals surface area contributed by atoms with Crippen molar-refractivity contribution in [2.45, 2.75) is 18.9 Å². The first-order valence-electron chi connectivity index (χ1n) is 8.10. The smallest absolute Gasteiger partial charge is 0.257 e. The third-order valence-corrected chi connectivity index (χ3v) is 4.26. The summed E-state index contributed by atoms with van der Waals surface area (Å²) in [6, 6.07) is 8.37. The quantitative estimate of drug-likeness (QED) is 0.812. The van der Waals surface area contributed by atoms with Crippen LogP contribution in [0.2, 0.25) is 0 Å². The first-order chi connectivity index (χ1) is 12.2. The Bertz CT molecular complexity index is 732. The molecule has 0 atom stereocenters. The number of amides is 3. The van der Waals surface area contributed by atoms with Crippen LogP contribution in [-0.4, -0.2) is 42.3 Å². The average Bonchev–Trinajstić information content (AvgIpc) is 3.17. The molecule has 1 aliphatic heterocycles. The van der Waals surface area contributed by atoms with Gasteiger partial charge in [-0.1, -0.05) is 0 Å². The Balaban J connectivity index is 1.50. The number of nitrogens with one attached hydrogen (secondary N) is 2. The van der Waals surface area contributed by atoms with Crippen molar-refractivity contribution in [1.82, 2.24) is 10.2 Å². The SMILES string of the molecule is O=CNc1ccc(C(=O)NC2CCN(C(=O)c3ccoc3)CC2)cc1. The van der Waals surface area contributed by atoms with E-state index in [0.29, 0.717) is 49.2 Å². The van der Waals surface area contributed by atoms with Gasteiger partial charge in [0.1, 0.15) is 6.26 Å². The number of piperidine rings is 1. The summed E-state index contributed by atoms with van der Waals surface area (Å²) in [6.45, 7) is 1.19. The molecule has 3 amide bonds. The van der Waals surface area contributed by atoms with E-state index in [1.807, 2.05) is 0 Å². The monoisotopic (exact) mass is 341 g/mol. The first-order valence-corrected chi connectivity index (χ1v) is 8.10. The van der Waals surface area contributed by atoms with E-state index in [0.717, 1.165) is 0 Å². The Kier molecular flexibility index (Phi) is 5.13. The molecule has 0 aliphatic carbocycles. The van der Waals surface area contributed by atoms with Crippen molar-refractivity contribution in [2.24, 2.45) is 0 Å². The molecule has 0 spiro atoms. The van der Waals surface area contributed by atoms with Crippen molar-refractivity contribution >= 4 is 23.9 Å². The highest BCUT2D eigenvalue weighted by Gasteiger charge is 2.25. The van der Waals surface area contributed by atoms with Gasteiger partial charge in [-0.2, -0.15) is 0 Å². The summed E-state index contributed by atoms with van der Waals surface area (Å²) in [4.78, 5) is 36.7. The molecule has 25 heavy (non-hydrogen) atoms. The van der Waals surface area contributed by atoms with Crippen LogP contribution in [0.5, 0.6) is 0 Å². The molecule has 7 nitrogen and oxygen atoms in total. The van der Waals surface area contributed by atoms with Crippen LogP contribution in [0.1, 0.15) is 33.6 Å². The van der Waals surface area contributed by atoms with E-state index in [9.17, 15) is 14.4 Å². The van der Waals surface area contributed by atoms with Gasteiger partial charge in [0.05, 0.1) is 11.8 Å². The largest absolute Gasteiger partial charge is 0.472 e. The maximum Gasteiger partial charge on any atom is 0.257 e. The lowest BCUT2D eigenvalue weighted by molar-refractivity contribution is -0.105. The molecule has 1 aliphatic rings. The molecule has 0 radical (unpaired) electrons. The summed E-state index contributed by atoms with van der Waals surface area (Å²) in [6.07, 6.45) is 4.93. The topological polar surface area (TPSA) is 91.7 Å². The van der Waals surface area contributed by atoms with E-state index in [1.54, 1.807) is 35.2 Å².